The number of hydrogen-bond donors (Lipinski definition) is 0. The lowest BCUT2D eigenvalue weighted by molar-refractivity contribution is -0.138. The molecule has 0 spiro atoms. The maximum Gasteiger partial charge on any atom is 0.139 e. The molecule has 0 heterocycles. The summed E-state index contributed by atoms with van der Waals surface area (Å²) in [5, 5.41) is 0. The molecule has 0 bridgehead atoms. The van der Waals surface area contributed by atoms with E-state index in [0.717, 1.165) is 34.0 Å². The number of alkyl halides is 1. The maximum absolute atomic E-state index is 12.4. The molecule has 21 heavy (non-hydrogen) atoms. The molecule has 4 saturated carbocycles. The first-order chi connectivity index (χ1) is 9.95. The van der Waals surface area contributed by atoms with Crippen LogP contribution in [0.3, 0.4) is 0 Å². The third-order valence-electron chi connectivity index (χ3n) is 8.31. The van der Waals surface area contributed by atoms with Crippen molar-refractivity contribution in [2.75, 3.05) is 0 Å². The minimum absolute atomic E-state index is 0.0603. The summed E-state index contributed by atoms with van der Waals surface area (Å²) in [6.07, 6.45) is 11.8. The zero-order valence-corrected chi connectivity index (χ0v) is 15.7. The Balaban J connectivity index is 1.64. The van der Waals surface area contributed by atoms with Gasteiger partial charge in [-0.05, 0) is 80.5 Å². The van der Waals surface area contributed by atoms with E-state index in [1.807, 2.05) is 0 Å². The predicted octanol–water partition coefficient (Wildman–Crippen LogP) is 5.40. The molecule has 0 aromatic rings. The summed E-state index contributed by atoms with van der Waals surface area (Å²) >= 11 is 2.69. The van der Waals surface area contributed by atoms with E-state index in [1.54, 1.807) is 0 Å². The highest BCUT2D eigenvalue weighted by Gasteiger charge is 2.59. The number of fused-ring (bicyclic) bond motifs is 5. The molecular weight excluding hydrogens is 371 g/mol. The molecule has 0 radical (unpaired) electrons. The van der Waals surface area contributed by atoms with Gasteiger partial charge in [-0.3, -0.25) is 4.79 Å². The van der Waals surface area contributed by atoms with Crippen LogP contribution in [0.15, 0.2) is 0 Å². The third-order valence-corrected chi connectivity index (χ3v) is 9.44. The summed E-state index contributed by atoms with van der Waals surface area (Å²) in [5.74, 6) is 4.07. The molecule has 0 aliphatic heterocycles. The number of ketones is 1. The van der Waals surface area contributed by atoms with Crippen molar-refractivity contribution in [1.29, 1.82) is 0 Å². The summed E-state index contributed by atoms with van der Waals surface area (Å²) in [7, 11) is 0. The zero-order chi connectivity index (χ0) is 14.8. The standard InChI is InChI=1S/C19H29IO/c1-18-9-7-13(20)11-12(18)3-4-14-15-5-6-17(21)19(15,2)10-8-16(14)18/h12-16H,3-11H2,1-2H3/t12-,13+,14+,15+,16+,18+,19+/m1/s1. The maximum atomic E-state index is 12.4. The van der Waals surface area contributed by atoms with E-state index >= 15 is 0 Å². The van der Waals surface area contributed by atoms with Crippen LogP contribution in [0.5, 0.6) is 0 Å². The second-order valence-electron chi connectivity index (χ2n) is 8.95. The normalized spacial score (nSPS) is 56.5. The van der Waals surface area contributed by atoms with E-state index in [9.17, 15) is 4.79 Å². The first kappa shape index (κ1) is 15.0. The van der Waals surface area contributed by atoms with Crippen LogP contribution in [0.4, 0.5) is 0 Å². The van der Waals surface area contributed by atoms with Crippen molar-refractivity contribution < 1.29 is 4.79 Å². The van der Waals surface area contributed by atoms with E-state index in [4.69, 9.17) is 0 Å². The largest absolute Gasteiger partial charge is 0.299 e. The lowest BCUT2D eigenvalue weighted by Crippen LogP contribution is -2.53. The fraction of sp³-hybridized carbons (Fsp3) is 0.947. The summed E-state index contributed by atoms with van der Waals surface area (Å²) < 4.78 is 0.916. The van der Waals surface area contributed by atoms with Crippen LogP contribution in [0.1, 0.15) is 71.6 Å². The molecule has 0 saturated heterocycles. The van der Waals surface area contributed by atoms with Gasteiger partial charge >= 0.3 is 0 Å². The van der Waals surface area contributed by atoms with Crippen molar-refractivity contribution in [3.8, 4) is 0 Å². The van der Waals surface area contributed by atoms with E-state index < -0.39 is 0 Å². The molecule has 0 amide bonds. The minimum atomic E-state index is 0.0603. The summed E-state index contributed by atoms with van der Waals surface area (Å²) in [6.45, 7) is 4.93. The highest BCUT2D eigenvalue weighted by Crippen LogP contribution is 2.65. The average molecular weight is 400 g/mol. The Labute approximate surface area is 143 Å². The Morgan fingerprint density at radius 2 is 1.81 bits per heavy atom. The van der Waals surface area contributed by atoms with Crippen molar-refractivity contribution in [1.82, 2.24) is 0 Å². The van der Waals surface area contributed by atoms with Crippen molar-refractivity contribution >= 4 is 28.4 Å². The summed E-state index contributed by atoms with van der Waals surface area (Å²) in [4.78, 5) is 12.4. The monoisotopic (exact) mass is 400 g/mol. The van der Waals surface area contributed by atoms with Gasteiger partial charge in [-0.1, -0.05) is 36.4 Å². The van der Waals surface area contributed by atoms with Gasteiger partial charge in [0.25, 0.3) is 0 Å². The summed E-state index contributed by atoms with van der Waals surface area (Å²) in [5.41, 5.74) is 0.655. The van der Waals surface area contributed by atoms with Crippen molar-refractivity contribution in [2.45, 2.75) is 75.6 Å². The SMILES string of the molecule is C[C@]12CC[C@H](I)C[C@H]1CC[C@@H]1[C@@H]2CC[C@]2(C)C(=O)CC[C@@H]12. The van der Waals surface area contributed by atoms with Gasteiger partial charge in [-0.25, -0.2) is 0 Å². The van der Waals surface area contributed by atoms with Crippen LogP contribution in [0.25, 0.3) is 0 Å². The lowest BCUT2D eigenvalue weighted by Gasteiger charge is -2.60. The molecule has 4 aliphatic carbocycles. The number of Topliss-reactive ketones (excluding diaryl/α,β-unsaturated/α-hetero) is 1. The Morgan fingerprint density at radius 3 is 2.62 bits per heavy atom. The van der Waals surface area contributed by atoms with Gasteiger partial charge in [-0.15, -0.1) is 0 Å². The molecule has 0 unspecified atom stereocenters. The second kappa shape index (κ2) is 4.95. The topological polar surface area (TPSA) is 17.1 Å². The quantitative estimate of drug-likeness (QED) is 0.393. The van der Waals surface area contributed by atoms with E-state index in [-0.39, 0.29) is 5.41 Å². The number of carbonyl (C=O) groups is 1. The fourth-order valence-corrected chi connectivity index (χ4v) is 7.90. The molecular formula is C19H29IO. The Bertz CT molecular complexity index is 460. The molecule has 0 aromatic carbocycles. The highest BCUT2D eigenvalue weighted by molar-refractivity contribution is 14.1. The Kier molecular flexibility index (Phi) is 3.52. The zero-order valence-electron chi connectivity index (χ0n) is 13.5. The molecule has 0 N–H and O–H groups in total. The highest BCUT2D eigenvalue weighted by atomic mass is 127. The van der Waals surface area contributed by atoms with E-state index in [2.05, 4.69) is 36.4 Å². The first-order valence-electron chi connectivity index (χ1n) is 9.12. The third kappa shape index (κ3) is 2.03. The van der Waals surface area contributed by atoms with Crippen LogP contribution in [0.2, 0.25) is 0 Å². The number of hydrogen-bond acceptors (Lipinski definition) is 1. The van der Waals surface area contributed by atoms with Gasteiger partial charge in [0.2, 0.25) is 0 Å². The number of carbonyl (C=O) groups excluding carboxylic acids is 1. The molecule has 2 heteroatoms. The van der Waals surface area contributed by atoms with Gasteiger partial charge < -0.3 is 0 Å². The number of rotatable bonds is 0. The van der Waals surface area contributed by atoms with Gasteiger partial charge in [0.15, 0.2) is 0 Å². The predicted molar refractivity (Wildman–Crippen MR) is 94.5 cm³/mol. The van der Waals surface area contributed by atoms with Crippen molar-refractivity contribution in [3.05, 3.63) is 0 Å². The number of halogens is 1. The van der Waals surface area contributed by atoms with Crippen LogP contribution < -0.4 is 0 Å². The van der Waals surface area contributed by atoms with Gasteiger partial charge in [-0.2, -0.15) is 0 Å². The van der Waals surface area contributed by atoms with E-state index in [0.29, 0.717) is 11.2 Å². The minimum Gasteiger partial charge on any atom is -0.299 e. The molecule has 1 nitrogen and oxygen atoms in total. The Morgan fingerprint density at radius 1 is 1.00 bits per heavy atom. The molecule has 4 fully saturated rings. The average Bonchev–Trinajstić information content (AvgIpc) is 2.76. The van der Waals surface area contributed by atoms with Crippen LogP contribution >= 0.6 is 22.6 Å². The van der Waals surface area contributed by atoms with Crippen molar-refractivity contribution in [3.63, 3.8) is 0 Å². The van der Waals surface area contributed by atoms with Crippen LogP contribution in [-0.4, -0.2) is 9.71 Å². The first-order valence-corrected chi connectivity index (χ1v) is 10.4. The van der Waals surface area contributed by atoms with Crippen LogP contribution in [-0.2, 0) is 4.79 Å². The van der Waals surface area contributed by atoms with Crippen molar-refractivity contribution in [2.24, 2.45) is 34.5 Å². The molecule has 118 valence electrons. The van der Waals surface area contributed by atoms with Gasteiger partial charge in [0.1, 0.15) is 5.78 Å². The van der Waals surface area contributed by atoms with Gasteiger partial charge in [0, 0.05) is 15.8 Å². The summed E-state index contributed by atoms with van der Waals surface area (Å²) in [6, 6.07) is 0. The van der Waals surface area contributed by atoms with Crippen LogP contribution in [0, 0.1) is 34.5 Å². The fourth-order valence-electron chi connectivity index (χ4n) is 6.98. The smallest absolute Gasteiger partial charge is 0.139 e. The Hall–Kier alpha value is 0.400. The second-order valence-corrected chi connectivity index (χ2v) is 10.7. The molecule has 7 atom stereocenters. The lowest BCUT2D eigenvalue weighted by atomic mass is 9.45. The molecule has 0 aromatic heterocycles. The molecule has 4 rings (SSSR count). The van der Waals surface area contributed by atoms with Gasteiger partial charge in [0.05, 0.1) is 0 Å². The molecule has 4 aliphatic rings. The van der Waals surface area contributed by atoms with E-state index in [1.165, 1.54) is 51.4 Å².